The third-order valence-corrected chi connectivity index (χ3v) is 5.23. The Labute approximate surface area is 167 Å². The van der Waals surface area contributed by atoms with E-state index < -0.39 is 0 Å². The van der Waals surface area contributed by atoms with E-state index in [2.05, 4.69) is 50.4 Å². The van der Waals surface area contributed by atoms with Gasteiger partial charge in [-0.2, -0.15) is 0 Å². The zero-order valence-electron chi connectivity index (χ0n) is 16.2. The van der Waals surface area contributed by atoms with Crippen LogP contribution in [0.5, 0.6) is 11.5 Å². The maximum absolute atomic E-state index is 5.52. The molecule has 1 N–H and O–H groups in total. The molecule has 0 spiro atoms. The van der Waals surface area contributed by atoms with Gasteiger partial charge in [0.25, 0.3) is 0 Å². The number of hydrogen-bond acceptors (Lipinski definition) is 6. The summed E-state index contributed by atoms with van der Waals surface area (Å²) in [4.78, 5) is 4.65. The fourth-order valence-corrected chi connectivity index (χ4v) is 3.65. The Morgan fingerprint density at radius 1 is 1.15 bits per heavy atom. The number of benzene rings is 1. The van der Waals surface area contributed by atoms with Crippen molar-refractivity contribution in [3.05, 3.63) is 28.4 Å². The number of hydrogen-bond donors (Lipinski definition) is 1. The summed E-state index contributed by atoms with van der Waals surface area (Å²) in [5, 5.41) is 12.2. The first-order valence-corrected chi connectivity index (χ1v) is 9.72. The molecule has 1 aromatic carbocycles. The monoisotopic (exact) mass is 433 g/mol. The Balaban J connectivity index is 2.11. The number of methoxy groups -OCH3 is 2. The number of ether oxygens (including phenoxy) is 2. The fraction of sp³-hybridized carbons (Fsp3) is 0.421. The summed E-state index contributed by atoms with van der Waals surface area (Å²) >= 11 is 3.58. The maximum Gasteiger partial charge on any atom is 0.160 e. The number of nitrogens with one attached hydrogen (secondary N) is 1. The second kappa shape index (κ2) is 8.12. The first-order valence-electron chi connectivity index (χ1n) is 8.93. The quantitative estimate of drug-likeness (QED) is 0.563. The van der Waals surface area contributed by atoms with Crippen LogP contribution in [0.15, 0.2) is 22.7 Å². The summed E-state index contributed by atoms with van der Waals surface area (Å²) in [6, 6.07) is 6.03. The zero-order chi connectivity index (χ0) is 19.6. The molecule has 144 valence electrons. The summed E-state index contributed by atoms with van der Waals surface area (Å²) in [6.07, 6.45) is 1.99. The van der Waals surface area contributed by atoms with Crippen LogP contribution < -0.4 is 14.8 Å². The van der Waals surface area contributed by atoms with Gasteiger partial charge < -0.3 is 14.8 Å². The summed E-state index contributed by atoms with van der Waals surface area (Å²) in [5.74, 6) is 1.99. The molecule has 0 bridgehead atoms. The predicted octanol–water partition coefficient (Wildman–Crippen LogP) is 5.02. The first-order chi connectivity index (χ1) is 13.0. The van der Waals surface area contributed by atoms with Crippen LogP contribution in [0.2, 0.25) is 0 Å². The molecule has 3 rings (SSSR count). The van der Waals surface area contributed by atoms with Gasteiger partial charge in [-0.3, -0.25) is 0 Å². The van der Waals surface area contributed by atoms with Gasteiger partial charge >= 0.3 is 0 Å². The number of halogens is 1. The smallest absolute Gasteiger partial charge is 0.160 e. The standard InChI is InChI=1S/C19H24BrN5O2/c1-6-12(7-2)25-15-8-11(3)21-19(18(15)23-24-25)22-17-14(20)9-13(26-4)10-16(17)27-5/h8-10,12H,6-7H2,1-5H3,(H,21,22). The molecule has 0 radical (unpaired) electrons. The zero-order valence-corrected chi connectivity index (χ0v) is 17.8. The van der Waals surface area contributed by atoms with E-state index in [9.17, 15) is 0 Å². The lowest BCUT2D eigenvalue weighted by molar-refractivity contribution is 0.395. The van der Waals surface area contributed by atoms with Crippen LogP contribution in [-0.2, 0) is 0 Å². The third kappa shape index (κ3) is 3.71. The average molecular weight is 434 g/mol. The summed E-state index contributed by atoms with van der Waals surface area (Å²) in [5.41, 5.74) is 3.36. The highest BCUT2D eigenvalue weighted by Gasteiger charge is 2.19. The normalized spacial score (nSPS) is 11.2. The van der Waals surface area contributed by atoms with E-state index in [0.29, 0.717) is 23.4 Å². The van der Waals surface area contributed by atoms with Gasteiger partial charge in [-0.1, -0.05) is 19.1 Å². The number of aromatic nitrogens is 4. The van der Waals surface area contributed by atoms with Crippen LogP contribution in [0.1, 0.15) is 38.4 Å². The van der Waals surface area contributed by atoms with Gasteiger partial charge in [0.2, 0.25) is 0 Å². The van der Waals surface area contributed by atoms with E-state index in [-0.39, 0.29) is 0 Å². The first kappa shape index (κ1) is 19.4. The maximum atomic E-state index is 5.52. The van der Waals surface area contributed by atoms with Crippen molar-refractivity contribution in [2.45, 2.75) is 39.7 Å². The molecule has 7 nitrogen and oxygen atoms in total. The molecule has 2 heterocycles. The van der Waals surface area contributed by atoms with Gasteiger partial charge in [0.05, 0.1) is 31.5 Å². The van der Waals surface area contributed by atoms with Crippen LogP contribution in [0, 0.1) is 6.92 Å². The van der Waals surface area contributed by atoms with Gasteiger partial charge in [-0.05, 0) is 47.8 Å². The van der Waals surface area contributed by atoms with Crippen molar-refractivity contribution in [3.63, 3.8) is 0 Å². The van der Waals surface area contributed by atoms with Crippen molar-refractivity contribution in [1.82, 2.24) is 20.0 Å². The molecule has 0 atom stereocenters. The third-order valence-electron chi connectivity index (χ3n) is 4.60. The van der Waals surface area contributed by atoms with E-state index in [1.54, 1.807) is 14.2 Å². The molecule has 0 unspecified atom stereocenters. The van der Waals surface area contributed by atoms with Crippen molar-refractivity contribution in [1.29, 1.82) is 0 Å². The Kier molecular flexibility index (Phi) is 5.84. The van der Waals surface area contributed by atoms with Crippen molar-refractivity contribution >= 4 is 38.5 Å². The molecule has 0 amide bonds. The molecule has 3 aromatic rings. The number of aryl methyl sites for hydroxylation is 1. The van der Waals surface area contributed by atoms with Gasteiger partial charge in [0, 0.05) is 16.2 Å². The second-order valence-electron chi connectivity index (χ2n) is 6.30. The number of pyridine rings is 1. The molecule has 0 fully saturated rings. The van der Waals surface area contributed by atoms with Crippen molar-refractivity contribution in [3.8, 4) is 11.5 Å². The van der Waals surface area contributed by atoms with Crippen LogP contribution in [0.4, 0.5) is 11.5 Å². The molecule has 2 aromatic heterocycles. The van der Waals surface area contributed by atoms with Crippen LogP contribution in [-0.4, -0.2) is 34.2 Å². The minimum Gasteiger partial charge on any atom is -0.497 e. The molecular weight excluding hydrogens is 410 g/mol. The second-order valence-corrected chi connectivity index (χ2v) is 7.15. The molecule has 0 aliphatic carbocycles. The number of nitrogens with zero attached hydrogens (tertiary/aromatic N) is 4. The highest BCUT2D eigenvalue weighted by atomic mass is 79.9. The van der Waals surface area contributed by atoms with E-state index >= 15 is 0 Å². The predicted molar refractivity (Wildman–Crippen MR) is 110 cm³/mol. The SMILES string of the molecule is CCC(CC)n1nnc2c(Nc3c(Br)cc(OC)cc3OC)nc(C)cc21. The highest BCUT2D eigenvalue weighted by Crippen LogP contribution is 2.39. The number of rotatable bonds is 7. The molecule has 0 aliphatic heterocycles. The lowest BCUT2D eigenvalue weighted by atomic mass is 10.1. The fourth-order valence-electron chi connectivity index (χ4n) is 3.13. The highest BCUT2D eigenvalue weighted by molar-refractivity contribution is 9.10. The molecule has 0 saturated heterocycles. The van der Waals surface area contributed by atoms with Crippen molar-refractivity contribution < 1.29 is 9.47 Å². The minimum atomic E-state index is 0.312. The Hall–Kier alpha value is -2.35. The van der Waals surface area contributed by atoms with E-state index in [4.69, 9.17) is 9.47 Å². The minimum absolute atomic E-state index is 0.312. The number of anilines is 2. The topological polar surface area (TPSA) is 74.1 Å². The molecule has 0 saturated carbocycles. The summed E-state index contributed by atoms with van der Waals surface area (Å²) in [7, 11) is 3.24. The lowest BCUT2D eigenvalue weighted by Gasteiger charge is -2.16. The average Bonchev–Trinajstić information content (AvgIpc) is 3.08. The molecule has 8 heteroatoms. The summed E-state index contributed by atoms with van der Waals surface area (Å²) in [6.45, 7) is 6.29. The van der Waals surface area contributed by atoms with E-state index in [1.165, 1.54) is 0 Å². The number of fused-ring (bicyclic) bond motifs is 1. The molecule has 27 heavy (non-hydrogen) atoms. The molecule has 0 aliphatic rings. The van der Waals surface area contributed by atoms with Crippen molar-refractivity contribution in [2.24, 2.45) is 0 Å². The van der Waals surface area contributed by atoms with Crippen LogP contribution >= 0.6 is 15.9 Å². The molecular formula is C19H24BrN5O2. The van der Waals surface area contributed by atoms with Gasteiger partial charge in [-0.25, -0.2) is 9.67 Å². The Morgan fingerprint density at radius 3 is 2.52 bits per heavy atom. The Bertz CT molecular complexity index is 953. The van der Waals surface area contributed by atoms with Gasteiger partial charge in [-0.15, -0.1) is 5.10 Å². The van der Waals surface area contributed by atoms with E-state index in [0.717, 1.165) is 39.7 Å². The largest absolute Gasteiger partial charge is 0.497 e. The van der Waals surface area contributed by atoms with Gasteiger partial charge in [0.15, 0.2) is 11.3 Å². The summed E-state index contributed by atoms with van der Waals surface area (Å²) < 4.78 is 13.6. The van der Waals surface area contributed by atoms with Crippen LogP contribution in [0.25, 0.3) is 11.0 Å². The van der Waals surface area contributed by atoms with Gasteiger partial charge in [0.1, 0.15) is 11.5 Å². The lowest BCUT2D eigenvalue weighted by Crippen LogP contribution is -2.09. The van der Waals surface area contributed by atoms with E-state index in [1.807, 2.05) is 29.8 Å². The van der Waals surface area contributed by atoms with Crippen molar-refractivity contribution in [2.75, 3.05) is 19.5 Å². The van der Waals surface area contributed by atoms with Crippen LogP contribution in [0.3, 0.4) is 0 Å². The Morgan fingerprint density at radius 2 is 1.89 bits per heavy atom.